The molecule has 0 saturated carbocycles. The van der Waals surface area contributed by atoms with Crippen molar-refractivity contribution in [3.63, 3.8) is 0 Å². The van der Waals surface area contributed by atoms with Gasteiger partial charge in [0.15, 0.2) is 0 Å². The average Bonchev–Trinajstić information content (AvgIpc) is 2.57. The van der Waals surface area contributed by atoms with E-state index in [9.17, 15) is 10.5 Å². The molecule has 0 saturated heterocycles. The topological polar surface area (TPSA) is 47.6 Å². The summed E-state index contributed by atoms with van der Waals surface area (Å²) < 4.78 is 0. The van der Waals surface area contributed by atoms with Gasteiger partial charge < -0.3 is 0 Å². The Labute approximate surface area is 148 Å². The Bertz CT molecular complexity index is 573. The van der Waals surface area contributed by atoms with Crippen LogP contribution in [-0.4, -0.2) is 0 Å². The molecule has 0 bridgehead atoms. The van der Waals surface area contributed by atoms with Gasteiger partial charge >= 0.3 is 0 Å². The second-order valence-electron chi connectivity index (χ2n) is 8.47. The van der Waals surface area contributed by atoms with Crippen LogP contribution in [0.25, 0.3) is 0 Å². The Balaban J connectivity index is 3.20. The summed E-state index contributed by atoms with van der Waals surface area (Å²) in [6, 6.07) is 14.9. The monoisotopic (exact) mass is 324 g/mol. The van der Waals surface area contributed by atoms with Crippen LogP contribution in [0.5, 0.6) is 0 Å². The first kappa shape index (κ1) is 20.2. The Kier molecular flexibility index (Phi) is 7.04. The highest BCUT2D eigenvalue weighted by Gasteiger charge is 2.38. The molecule has 0 aliphatic heterocycles. The molecule has 1 rings (SSSR count). The zero-order valence-electron chi connectivity index (χ0n) is 16.1. The zero-order chi connectivity index (χ0) is 18.4. The summed E-state index contributed by atoms with van der Waals surface area (Å²) in [5.41, 5.74) is 1.41. The standard InChI is InChI=1S/C22H32N2/c1-7-17(2)21(3,4)14-20(19-11-9-8-10-12-19)22(5,6)13-18(15-23)16-24/h8-12,17-18,20H,7,13-14H2,1-6H3. The van der Waals surface area contributed by atoms with E-state index in [0.717, 1.165) is 12.8 Å². The van der Waals surface area contributed by atoms with Crippen LogP contribution >= 0.6 is 0 Å². The summed E-state index contributed by atoms with van der Waals surface area (Å²) in [7, 11) is 0. The minimum absolute atomic E-state index is 0.109. The van der Waals surface area contributed by atoms with Gasteiger partial charge in [0.05, 0.1) is 12.1 Å². The molecule has 0 aliphatic carbocycles. The summed E-state index contributed by atoms with van der Waals surface area (Å²) in [6.07, 6.45) is 2.83. The molecule has 0 aliphatic rings. The van der Waals surface area contributed by atoms with Crippen LogP contribution in [0, 0.1) is 45.3 Å². The zero-order valence-corrected chi connectivity index (χ0v) is 16.1. The Hall–Kier alpha value is -1.80. The molecule has 0 radical (unpaired) electrons. The van der Waals surface area contributed by atoms with Crippen LogP contribution in [0.15, 0.2) is 30.3 Å². The van der Waals surface area contributed by atoms with E-state index in [0.29, 0.717) is 18.3 Å². The maximum absolute atomic E-state index is 9.23. The van der Waals surface area contributed by atoms with E-state index in [-0.39, 0.29) is 10.8 Å². The summed E-state index contributed by atoms with van der Waals surface area (Å²) in [5, 5.41) is 18.5. The fraction of sp³-hybridized carbons (Fsp3) is 0.636. The van der Waals surface area contributed by atoms with E-state index in [4.69, 9.17) is 0 Å². The number of hydrogen-bond acceptors (Lipinski definition) is 2. The molecule has 2 nitrogen and oxygen atoms in total. The minimum atomic E-state index is -0.544. The van der Waals surface area contributed by atoms with Crippen molar-refractivity contribution < 1.29 is 0 Å². The number of benzene rings is 1. The molecule has 130 valence electrons. The van der Waals surface area contributed by atoms with Crippen molar-refractivity contribution in [3.05, 3.63) is 35.9 Å². The number of nitrogens with zero attached hydrogens (tertiary/aromatic N) is 2. The molecular weight excluding hydrogens is 292 g/mol. The van der Waals surface area contributed by atoms with Crippen molar-refractivity contribution in [2.75, 3.05) is 0 Å². The molecule has 1 aromatic carbocycles. The van der Waals surface area contributed by atoms with Gasteiger partial charge in [0.25, 0.3) is 0 Å². The quantitative estimate of drug-likeness (QED) is 0.562. The molecule has 24 heavy (non-hydrogen) atoms. The van der Waals surface area contributed by atoms with Gasteiger partial charge in [0, 0.05) is 0 Å². The number of hydrogen-bond donors (Lipinski definition) is 0. The van der Waals surface area contributed by atoms with Crippen LogP contribution in [-0.2, 0) is 0 Å². The van der Waals surface area contributed by atoms with Gasteiger partial charge in [-0.3, -0.25) is 0 Å². The smallest absolute Gasteiger partial charge is 0.133 e. The molecule has 0 spiro atoms. The molecule has 0 fully saturated rings. The molecule has 2 atom stereocenters. The van der Waals surface area contributed by atoms with E-state index >= 15 is 0 Å². The van der Waals surface area contributed by atoms with Gasteiger partial charge in [0.2, 0.25) is 0 Å². The van der Waals surface area contributed by atoms with Crippen LogP contribution in [0.4, 0.5) is 0 Å². The van der Waals surface area contributed by atoms with Crippen molar-refractivity contribution in [2.45, 2.75) is 66.7 Å². The van der Waals surface area contributed by atoms with Crippen LogP contribution < -0.4 is 0 Å². The van der Waals surface area contributed by atoms with Crippen molar-refractivity contribution in [1.29, 1.82) is 10.5 Å². The predicted octanol–water partition coefficient (Wildman–Crippen LogP) is 6.31. The first-order valence-electron chi connectivity index (χ1n) is 9.02. The van der Waals surface area contributed by atoms with E-state index < -0.39 is 5.92 Å². The molecule has 0 heterocycles. The minimum Gasteiger partial charge on any atom is -0.197 e. The highest BCUT2D eigenvalue weighted by molar-refractivity contribution is 5.23. The van der Waals surface area contributed by atoms with E-state index in [2.05, 4.69) is 77.9 Å². The summed E-state index contributed by atoms with van der Waals surface area (Å²) in [6.45, 7) is 13.7. The number of nitriles is 2. The third-order valence-electron chi connectivity index (χ3n) is 5.86. The van der Waals surface area contributed by atoms with Crippen molar-refractivity contribution in [2.24, 2.45) is 22.7 Å². The van der Waals surface area contributed by atoms with Gasteiger partial charge in [0.1, 0.15) is 5.92 Å². The lowest BCUT2D eigenvalue weighted by atomic mass is 9.62. The molecule has 0 amide bonds. The number of rotatable bonds is 8. The molecule has 1 aromatic rings. The van der Waals surface area contributed by atoms with Crippen LogP contribution in [0.1, 0.15) is 72.3 Å². The molecule has 0 N–H and O–H groups in total. The first-order valence-corrected chi connectivity index (χ1v) is 9.02. The van der Waals surface area contributed by atoms with Crippen LogP contribution in [0.3, 0.4) is 0 Å². The average molecular weight is 325 g/mol. The highest BCUT2D eigenvalue weighted by Crippen LogP contribution is 2.49. The second kappa shape index (κ2) is 8.34. The van der Waals surface area contributed by atoms with E-state index in [1.54, 1.807) is 0 Å². The molecule has 2 unspecified atom stereocenters. The second-order valence-corrected chi connectivity index (χ2v) is 8.47. The SMILES string of the molecule is CCC(C)C(C)(C)CC(c1ccccc1)C(C)(C)CC(C#N)C#N. The third kappa shape index (κ3) is 5.10. The van der Waals surface area contributed by atoms with Crippen LogP contribution in [0.2, 0.25) is 0 Å². The fourth-order valence-corrected chi connectivity index (χ4v) is 3.60. The Morgan fingerprint density at radius 1 is 0.917 bits per heavy atom. The van der Waals surface area contributed by atoms with Crippen molar-refractivity contribution in [1.82, 2.24) is 0 Å². The molecule has 0 aromatic heterocycles. The summed E-state index contributed by atoms with van der Waals surface area (Å²) in [5.74, 6) is 0.409. The fourth-order valence-electron chi connectivity index (χ4n) is 3.60. The lowest BCUT2D eigenvalue weighted by molar-refractivity contribution is 0.132. The van der Waals surface area contributed by atoms with Crippen molar-refractivity contribution >= 4 is 0 Å². The van der Waals surface area contributed by atoms with Gasteiger partial charge in [-0.05, 0) is 41.1 Å². The van der Waals surface area contributed by atoms with E-state index in [1.807, 2.05) is 6.07 Å². The largest absolute Gasteiger partial charge is 0.197 e. The Morgan fingerprint density at radius 2 is 1.46 bits per heavy atom. The van der Waals surface area contributed by atoms with E-state index in [1.165, 1.54) is 5.56 Å². The third-order valence-corrected chi connectivity index (χ3v) is 5.86. The van der Waals surface area contributed by atoms with Gasteiger partial charge in [-0.15, -0.1) is 0 Å². The van der Waals surface area contributed by atoms with Crippen molar-refractivity contribution in [3.8, 4) is 12.1 Å². The normalized spacial score (nSPS) is 14.7. The predicted molar refractivity (Wildman–Crippen MR) is 100 cm³/mol. The maximum Gasteiger partial charge on any atom is 0.133 e. The maximum atomic E-state index is 9.23. The summed E-state index contributed by atoms with van der Waals surface area (Å²) >= 11 is 0. The molecular formula is C22H32N2. The van der Waals surface area contributed by atoms with Gasteiger partial charge in [-0.2, -0.15) is 10.5 Å². The first-order chi connectivity index (χ1) is 11.2. The lowest BCUT2D eigenvalue weighted by Crippen LogP contribution is -2.32. The summed E-state index contributed by atoms with van der Waals surface area (Å²) in [4.78, 5) is 0. The highest BCUT2D eigenvalue weighted by atomic mass is 14.4. The lowest BCUT2D eigenvalue weighted by Gasteiger charge is -2.42. The van der Waals surface area contributed by atoms with Gasteiger partial charge in [-0.25, -0.2) is 0 Å². The van der Waals surface area contributed by atoms with Gasteiger partial charge in [-0.1, -0.05) is 78.3 Å². The Morgan fingerprint density at radius 3 is 1.92 bits per heavy atom. The molecule has 2 heteroatoms.